The third kappa shape index (κ3) is 3.05. The Balaban J connectivity index is 1.67. The first-order valence-electron chi connectivity index (χ1n) is 7.17. The minimum absolute atomic E-state index is 0.0938. The fraction of sp³-hybridized carbons (Fsp3) is 1.00. The van der Waals surface area contributed by atoms with E-state index in [2.05, 4.69) is 43.2 Å². The van der Waals surface area contributed by atoms with E-state index in [0.29, 0.717) is 5.54 Å². The number of nitrogens with one attached hydrogen (secondary N) is 1. The van der Waals surface area contributed by atoms with E-state index in [1.165, 1.54) is 25.8 Å². The maximum Gasteiger partial charge on any atom is 0.0902 e. The van der Waals surface area contributed by atoms with Crippen molar-refractivity contribution >= 4 is 0 Å². The Kier molecular flexibility index (Phi) is 4.32. The molecule has 2 aliphatic rings. The van der Waals surface area contributed by atoms with Gasteiger partial charge in [0.25, 0.3) is 0 Å². The lowest BCUT2D eigenvalue weighted by molar-refractivity contribution is -0.0745. The van der Waals surface area contributed by atoms with Gasteiger partial charge in [-0.15, -0.1) is 0 Å². The highest BCUT2D eigenvalue weighted by Gasteiger charge is 2.39. The largest absolute Gasteiger partial charge is 0.371 e. The van der Waals surface area contributed by atoms with Crippen LogP contribution in [0.3, 0.4) is 0 Å². The van der Waals surface area contributed by atoms with Crippen LogP contribution in [-0.4, -0.2) is 74.9 Å². The monoisotopic (exact) mass is 255 g/mol. The van der Waals surface area contributed by atoms with Gasteiger partial charge in [-0.2, -0.15) is 0 Å². The van der Waals surface area contributed by atoms with Gasteiger partial charge in [-0.05, 0) is 47.3 Å². The van der Waals surface area contributed by atoms with E-state index in [-0.39, 0.29) is 5.60 Å². The van der Waals surface area contributed by atoms with Gasteiger partial charge in [0.05, 0.1) is 12.2 Å². The summed E-state index contributed by atoms with van der Waals surface area (Å²) in [6.45, 7) is 7.23. The zero-order valence-corrected chi connectivity index (χ0v) is 12.5. The average Bonchev–Trinajstić information content (AvgIpc) is 2.20. The minimum Gasteiger partial charge on any atom is -0.371 e. The number of hydrogen-bond donors (Lipinski definition) is 1. The number of likely N-dealkylation sites (N-methyl/N-ethyl adjacent to an activating group) is 2. The third-order valence-electron chi connectivity index (χ3n) is 4.72. The van der Waals surface area contributed by atoms with Crippen molar-refractivity contribution in [3.05, 3.63) is 0 Å². The van der Waals surface area contributed by atoms with E-state index in [0.717, 1.165) is 26.2 Å². The first-order chi connectivity index (χ1) is 8.46. The molecule has 2 rings (SSSR count). The molecule has 1 saturated carbocycles. The van der Waals surface area contributed by atoms with Crippen LogP contribution in [-0.2, 0) is 4.74 Å². The molecule has 4 nitrogen and oxygen atoms in total. The van der Waals surface area contributed by atoms with Crippen molar-refractivity contribution in [1.82, 2.24) is 15.1 Å². The molecule has 0 unspecified atom stereocenters. The van der Waals surface area contributed by atoms with Crippen LogP contribution >= 0.6 is 0 Å². The normalized spacial score (nSPS) is 25.0. The molecule has 0 aromatic rings. The molecular formula is C14H29N3O. The van der Waals surface area contributed by atoms with Crippen molar-refractivity contribution in [2.45, 2.75) is 37.3 Å². The fourth-order valence-corrected chi connectivity index (χ4v) is 2.94. The van der Waals surface area contributed by atoms with Gasteiger partial charge < -0.3 is 19.9 Å². The lowest BCUT2D eigenvalue weighted by Gasteiger charge is -2.49. The summed E-state index contributed by atoms with van der Waals surface area (Å²) < 4.78 is 5.94. The first kappa shape index (κ1) is 14.3. The predicted octanol–water partition coefficient (Wildman–Crippen LogP) is 0.781. The van der Waals surface area contributed by atoms with E-state index >= 15 is 0 Å². The van der Waals surface area contributed by atoms with Crippen LogP contribution in [0.5, 0.6) is 0 Å². The highest BCUT2D eigenvalue weighted by molar-refractivity contribution is 4.98. The molecule has 0 aromatic heterocycles. The van der Waals surface area contributed by atoms with Crippen LogP contribution in [0.2, 0.25) is 0 Å². The molecule has 1 aliphatic heterocycles. The van der Waals surface area contributed by atoms with Crippen LogP contribution in [0.1, 0.15) is 26.2 Å². The Labute approximate surface area is 112 Å². The molecule has 0 bridgehead atoms. The van der Waals surface area contributed by atoms with Crippen molar-refractivity contribution < 1.29 is 4.74 Å². The Morgan fingerprint density at radius 2 is 1.83 bits per heavy atom. The van der Waals surface area contributed by atoms with E-state index in [1.54, 1.807) is 0 Å². The van der Waals surface area contributed by atoms with Gasteiger partial charge in [0.1, 0.15) is 0 Å². The van der Waals surface area contributed by atoms with Crippen LogP contribution in [0.25, 0.3) is 0 Å². The Bertz CT molecular complexity index is 272. The summed E-state index contributed by atoms with van der Waals surface area (Å²) in [5.41, 5.74) is 0.521. The molecule has 1 N–H and O–H groups in total. The van der Waals surface area contributed by atoms with E-state index in [4.69, 9.17) is 4.74 Å². The van der Waals surface area contributed by atoms with Crippen LogP contribution < -0.4 is 5.32 Å². The number of hydrogen-bond acceptors (Lipinski definition) is 4. The molecule has 0 aromatic carbocycles. The number of rotatable bonds is 7. The molecule has 0 radical (unpaired) electrons. The number of ether oxygens (including phenoxy) is 1. The second-order valence-corrected chi connectivity index (χ2v) is 6.61. The highest BCUT2D eigenvalue weighted by Crippen LogP contribution is 2.36. The van der Waals surface area contributed by atoms with Crippen molar-refractivity contribution in [2.24, 2.45) is 0 Å². The SMILES string of the molecule is CN(CCOC1(C)CNC1)CC1(N(C)C)CCC1. The second kappa shape index (κ2) is 5.45. The molecule has 4 heteroatoms. The maximum absolute atomic E-state index is 5.94. The predicted molar refractivity (Wildman–Crippen MR) is 75.0 cm³/mol. The van der Waals surface area contributed by atoms with Crippen molar-refractivity contribution in [1.29, 1.82) is 0 Å². The van der Waals surface area contributed by atoms with Crippen LogP contribution in [0, 0.1) is 0 Å². The zero-order valence-electron chi connectivity index (χ0n) is 12.5. The quantitative estimate of drug-likeness (QED) is 0.728. The molecule has 2 fully saturated rings. The van der Waals surface area contributed by atoms with E-state index < -0.39 is 0 Å². The van der Waals surface area contributed by atoms with E-state index in [1.807, 2.05) is 0 Å². The topological polar surface area (TPSA) is 27.7 Å². The van der Waals surface area contributed by atoms with Crippen molar-refractivity contribution in [2.75, 3.05) is 53.9 Å². The molecular weight excluding hydrogens is 226 g/mol. The van der Waals surface area contributed by atoms with Gasteiger partial charge in [0.15, 0.2) is 0 Å². The van der Waals surface area contributed by atoms with Crippen LogP contribution in [0.4, 0.5) is 0 Å². The van der Waals surface area contributed by atoms with Gasteiger partial charge in [-0.3, -0.25) is 0 Å². The molecule has 106 valence electrons. The highest BCUT2D eigenvalue weighted by atomic mass is 16.5. The fourth-order valence-electron chi connectivity index (χ4n) is 2.94. The summed E-state index contributed by atoms with van der Waals surface area (Å²) in [4.78, 5) is 4.83. The Hall–Kier alpha value is -0.160. The maximum atomic E-state index is 5.94. The van der Waals surface area contributed by atoms with Gasteiger partial charge in [-0.25, -0.2) is 0 Å². The first-order valence-corrected chi connectivity index (χ1v) is 7.17. The number of nitrogens with zero attached hydrogens (tertiary/aromatic N) is 2. The summed E-state index contributed by atoms with van der Waals surface area (Å²) in [6, 6.07) is 0. The lowest BCUT2D eigenvalue weighted by atomic mass is 9.75. The summed E-state index contributed by atoms with van der Waals surface area (Å²) in [6.07, 6.45) is 4.06. The van der Waals surface area contributed by atoms with Gasteiger partial charge >= 0.3 is 0 Å². The Morgan fingerprint density at radius 3 is 2.22 bits per heavy atom. The standard InChI is InChI=1S/C14H29N3O/c1-13(10-15-11-13)18-9-8-17(4)12-14(16(2)3)6-5-7-14/h15H,5-12H2,1-4H3. The molecule has 0 spiro atoms. The average molecular weight is 255 g/mol. The van der Waals surface area contributed by atoms with Gasteiger partial charge in [0, 0.05) is 31.7 Å². The molecule has 1 aliphatic carbocycles. The van der Waals surface area contributed by atoms with Crippen molar-refractivity contribution in [3.63, 3.8) is 0 Å². The molecule has 1 saturated heterocycles. The summed E-state index contributed by atoms with van der Waals surface area (Å²) in [7, 11) is 6.64. The smallest absolute Gasteiger partial charge is 0.0902 e. The lowest BCUT2D eigenvalue weighted by Crippen LogP contribution is -2.60. The zero-order chi connectivity index (χ0) is 13.2. The third-order valence-corrected chi connectivity index (χ3v) is 4.72. The van der Waals surface area contributed by atoms with Crippen molar-refractivity contribution in [3.8, 4) is 0 Å². The van der Waals surface area contributed by atoms with Crippen LogP contribution in [0.15, 0.2) is 0 Å². The molecule has 1 heterocycles. The minimum atomic E-state index is 0.0938. The summed E-state index contributed by atoms with van der Waals surface area (Å²) in [5, 5.41) is 3.27. The van der Waals surface area contributed by atoms with E-state index in [9.17, 15) is 0 Å². The van der Waals surface area contributed by atoms with Gasteiger partial charge in [-0.1, -0.05) is 0 Å². The Morgan fingerprint density at radius 1 is 1.17 bits per heavy atom. The molecule has 0 atom stereocenters. The summed E-state index contributed by atoms with van der Waals surface area (Å²) >= 11 is 0. The molecule has 0 amide bonds. The molecule has 18 heavy (non-hydrogen) atoms. The summed E-state index contributed by atoms with van der Waals surface area (Å²) in [5.74, 6) is 0. The van der Waals surface area contributed by atoms with Gasteiger partial charge in [0.2, 0.25) is 0 Å². The second-order valence-electron chi connectivity index (χ2n) is 6.61.